The van der Waals surface area contributed by atoms with Crippen LogP contribution in [0, 0.1) is 0 Å². The number of nitrogens with zero attached hydrogens (tertiary/aromatic N) is 2. The van der Waals surface area contributed by atoms with Gasteiger partial charge >= 0.3 is 19.8 Å². The van der Waals surface area contributed by atoms with Gasteiger partial charge in [-0.3, -0.25) is 33.4 Å². The molecular formula is C52H88N3O9P. The molecule has 0 aliphatic heterocycles. The molecule has 2 heterocycles. The van der Waals surface area contributed by atoms with Crippen molar-refractivity contribution in [2.24, 2.45) is 5.73 Å². The van der Waals surface area contributed by atoms with Crippen LogP contribution in [0.3, 0.4) is 0 Å². The summed E-state index contributed by atoms with van der Waals surface area (Å²) < 4.78 is 32.8. The lowest BCUT2D eigenvalue weighted by molar-refractivity contribution is -0.161. The molecule has 2 aromatic rings. The number of rotatable bonds is 41. The van der Waals surface area contributed by atoms with E-state index in [2.05, 4.69) is 23.8 Å². The molecule has 3 rings (SSSR count). The lowest BCUT2D eigenvalue weighted by atomic mass is 10.0. The van der Waals surface area contributed by atoms with Gasteiger partial charge in [-0.25, -0.2) is 4.57 Å². The van der Waals surface area contributed by atoms with Gasteiger partial charge in [0.25, 0.3) is 0 Å². The molecule has 13 heteroatoms. The molecule has 0 saturated heterocycles. The molecule has 2 atom stereocenters. The minimum atomic E-state index is -4.37. The topological polar surface area (TPSA) is 177 Å². The average molecular weight is 930 g/mol. The summed E-state index contributed by atoms with van der Waals surface area (Å²) in [6.07, 6.45) is 40.2. The van der Waals surface area contributed by atoms with Crippen LogP contribution in [0.1, 0.15) is 235 Å². The number of phosphoric acid groups is 1. The normalized spacial score (nSPS) is 13.1. The van der Waals surface area contributed by atoms with Crippen LogP contribution in [-0.4, -0.2) is 65.1 Å². The van der Waals surface area contributed by atoms with Crippen LogP contribution >= 0.6 is 7.82 Å². The number of ether oxygens (including phenoxy) is 2. The molecule has 0 fully saturated rings. The van der Waals surface area contributed by atoms with E-state index < -0.39 is 26.5 Å². The van der Waals surface area contributed by atoms with Gasteiger partial charge in [0.05, 0.1) is 13.2 Å². The molecule has 65 heavy (non-hydrogen) atoms. The van der Waals surface area contributed by atoms with Crippen LogP contribution in [0.2, 0.25) is 0 Å². The Labute approximate surface area is 393 Å². The van der Waals surface area contributed by atoms with Crippen LogP contribution in [0.4, 0.5) is 0 Å². The van der Waals surface area contributed by atoms with Crippen molar-refractivity contribution in [3.05, 3.63) is 48.0 Å². The summed E-state index contributed by atoms with van der Waals surface area (Å²) in [6.45, 7) is 3.77. The fraction of sp³-hybridized carbons (Fsp3) is 0.750. The van der Waals surface area contributed by atoms with Gasteiger partial charge in [-0.15, -0.1) is 0 Å². The highest BCUT2D eigenvalue weighted by Gasteiger charge is 2.28. The van der Waals surface area contributed by atoms with E-state index >= 15 is 0 Å². The number of carbonyl (C=O) groups is 3. The SMILES string of the molecule is CCCCCCCCCCCCCCCCCC(=O)OCC(COP(=O)(O)OCCN)OC(=O)CCCCCCCCCCCCCCCCC.O=C1c2ncccc2-c2cccnc21. The van der Waals surface area contributed by atoms with Gasteiger partial charge in [-0.2, -0.15) is 0 Å². The standard InChI is InChI=1S/C41H82NO8P.C11H6N2O/c1-3-5-7-9-11-13-15-17-19-21-23-25-27-29-31-33-40(43)47-37-39(38-49-51(45,46)48-36-35-42)50-41(44)34-32-30-28-26-24-22-20-18-16-14-12-10-8-6-4-2;14-11-9-7(3-1-5-12-9)8-4-2-6-13-10(8)11/h39H,3-38,42H2,1-2H3,(H,45,46);1-6H. The van der Waals surface area contributed by atoms with Gasteiger partial charge in [-0.1, -0.05) is 206 Å². The number of hydrogen-bond acceptors (Lipinski definition) is 11. The summed E-state index contributed by atoms with van der Waals surface area (Å²) in [5.41, 5.74) is 8.15. The van der Waals surface area contributed by atoms with E-state index in [0.29, 0.717) is 17.8 Å². The van der Waals surface area contributed by atoms with Gasteiger partial charge < -0.3 is 20.1 Å². The predicted octanol–water partition coefficient (Wildman–Crippen LogP) is 13.7. The van der Waals surface area contributed by atoms with Crippen molar-refractivity contribution in [2.45, 2.75) is 225 Å². The first-order valence-corrected chi connectivity index (χ1v) is 27.3. The maximum atomic E-state index is 12.6. The van der Waals surface area contributed by atoms with Crippen LogP contribution in [0.15, 0.2) is 36.7 Å². The third kappa shape index (κ3) is 29.4. The summed E-state index contributed by atoms with van der Waals surface area (Å²) in [7, 11) is -4.37. The van der Waals surface area contributed by atoms with E-state index in [4.69, 9.17) is 24.3 Å². The Hall–Kier alpha value is -3.02. The van der Waals surface area contributed by atoms with Crippen molar-refractivity contribution in [1.82, 2.24) is 9.97 Å². The molecule has 3 N–H and O–H groups in total. The number of unbranched alkanes of at least 4 members (excludes halogenated alkanes) is 28. The average Bonchev–Trinajstić information content (AvgIpc) is 3.60. The lowest BCUT2D eigenvalue weighted by Gasteiger charge is -2.19. The molecule has 0 saturated carbocycles. The van der Waals surface area contributed by atoms with E-state index in [9.17, 15) is 23.8 Å². The Morgan fingerprint density at radius 1 is 0.569 bits per heavy atom. The van der Waals surface area contributed by atoms with E-state index in [-0.39, 0.29) is 44.4 Å². The zero-order chi connectivity index (χ0) is 47.1. The maximum absolute atomic E-state index is 12.6. The number of fused-ring (bicyclic) bond motifs is 3. The summed E-state index contributed by atoms with van der Waals surface area (Å²) in [6, 6.07) is 7.45. The monoisotopic (exact) mass is 930 g/mol. The molecule has 2 unspecified atom stereocenters. The number of esters is 2. The summed E-state index contributed by atoms with van der Waals surface area (Å²) in [5.74, 6) is -0.886. The highest BCUT2D eigenvalue weighted by molar-refractivity contribution is 7.47. The number of hydrogen-bond donors (Lipinski definition) is 2. The minimum Gasteiger partial charge on any atom is -0.462 e. The third-order valence-corrected chi connectivity index (χ3v) is 12.8. The molecule has 0 bridgehead atoms. The zero-order valence-corrected chi connectivity index (χ0v) is 41.5. The highest BCUT2D eigenvalue weighted by Crippen LogP contribution is 2.43. The molecule has 1 aliphatic carbocycles. The van der Waals surface area contributed by atoms with Crippen LogP contribution < -0.4 is 5.73 Å². The molecule has 0 spiro atoms. The molecular weight excluding hydrogens is 842 g/mol. The van der Waals surface area contributed by atoms with Crippen molar-refractivity contribution in [2.75, 3.05) is 26.4 Å². The zero-order valence-electron chi connectivity index (χ0n) is 40.6. The largest absolute Gasteiger partial charge is 0.472 e. The number of ketones is 1. The molecule has 12 nitrogen and oxygen atoms in total. The fourth-order valence-electron chi connectivity index (χ4n) is 8.00. The van der Waals surface area contributed by atoms with Crippen molar-refractivity contribution in [3.63, 3.8) is 0 Å². The van der Waals surface area contributed by atoms with Gasteiger partial charge in [0.2, 0.25) is 5.78 Å². The van der Waals surface area contributed by atoms with Gasteiger partial charge in [0, 0.05) is 42.9 Å². The van der Waals surface area contributed by atoms with Crippen LogP contribution in [0.25, 0.3) is 11.1 Å². The first-order chi connectivity index (χ1) is 31.7. The number of pyridine rings is 2. The molecule has 0 aromatic carbocycles. The molecule has 1 aliphatic rings. The summed E-state index contributed by atoms with van der Waals surface area (Å²) >= 11 is 0. The second kappa shape index (κ2) is 39.0. The Morgan fingerprint density at radius 2 is 0.938 bits per heavy atom. The van der Waals surface area contributed by atoms with E-state index in [1.54, 1.807) is 12.4 Å². The second-order valence-corrected chi connectivity index (χ2v) is 19.2. The first-order valence-electron chi connectivity index (χ1n) is 25.8. The fourth-order valence-corrected chi connectivity index (χ4v) is 8.77. The second-order valence-electron chi connectivity index (χ2n) is 17.7. The van der Waals surface area contributed by atoms with E-state index in [1.807, 2.05) is 24.3 Å². The molecule has 2 aromatic heterocycles. The Kier molecular flexibility index (Phi) is 34.9. The number of nitrogens with two attached hydrogens (primary N) is 1. The van der Waals surface area contributed by atoms with Crippen molar-refractivity contribution in [1.29, 1.82) is 0 Å². The molecule has 0 amide bonds. The minimum absolute atomic E-state index is 0.0580. The summed E-state index contributed by atoms with van der Waals surface area (Å²) in [4.78, 5) is 54.7. The van der Waals surface area contributed by atoms with Gasteiger partial charge in [0.15, 0.2) is 6.10 Å². The molecule has 370 valence electrons. The lowest BCUT2D eigenvalue weighted by Crippen LogP contribution is -2.29. The maximum Gasteiger partial charge on any atom is 0.472 e. The quantitative estimate of drug-likeness (QED) is 0.0313. The van der Waals surface area contributed by atoms with Crippen molar-refractivity contribution >= 4 is 25.5 Å². The van der Waals surface area contributed by atoms with Crippen LogP contribution in [-0.2, 0) is 32.7 Å². The first kappa shape index (κ1) is 58.1. The number of phosphoric ester groups is 1. The van der Waals surface area contributed by atoms with Crippen LogP contribution in [0.5, 0.6) is 0 Å². The van der Waals surface area contributed by atoms with Crippen molar-refractivity contribution < 1.29 is 42.4 Å². The summed E-state index contributed by atoms with van der Waals surface area (Å²) in [5, 5.41) is 0. The van der Waals surface area contributed by atoms with Gasteiger partial charge in [0.1, 0.15) is 18.0 Å². The van der Waals surface area contributed by atoms with Crippen molar-refractivity contribution in [3.8, 4) is 11.1 Å². The van der Waals surface area contributed by atoms with E-state index in [0.717, 1.165) is 43.2 Å². The number of aromatic nitrogens is 2. The third-order valence-electron chi connectivity index (χ3n) is 11.8. The molecule has 0 radical (unpaired) electrons. The predicted molar refractivity (Wildman–Crippen MR) is 262 cm³/mol. The highest BCUT2D eigenvalue weighted by atomic mass is 31.2. The van der Waals surface area contributed by atoms with E-state index in [1.165, 1.54) is 154 Å². The number of carbonyl (C=O) groups excluding carboxylic acids is 3. The van der Waals surface area contributed by atoms with Gasteiger partial charge in [-0.05, 0) is 25.0 Å². The Morgan fingerprint density at radius 3 is 1.32 bits per heavy atom. The Balaban J connectivity index is 0.000000855. The Bertz CT molecular complexity index is 1530. The smallest absolute Gasteiger partial charge is 0.462 e.